The van der Waals surface area contributed by atoms with Gasteiger partial charge in [0.2, 0.25) is 0 Å². The molecule has 1 aromatic heterocycles. The highest BCUT2D eigenvalue weighted by molar-refractivity contribution is 7.13. The number of carbonyl (C=O) groups is 1. The van der Waals surface area contributed by atoms with Gasteiger partial charge in [-0.05, 0) is 26.5 Å². The van der Waals surface area contributed by atoms with E-state index in [1.165, 1.54) is 16.9 Å². The molecular formula is C17H21N3OS. The highest BCUT2D eigenvalue weighted by Gasteiger charge is 2.32. The molecule has 1 atom stereocenters. The van der Waals surface area contributed by atoms with Crippen LogP contribution in [0.15, 0.2) is 30.3 Å². The van der Waals surface area contributed by atoms with Gasteiger partial charge in [0.15, 0.2) is 0 Å². The lowest BCUT2D eigenvalue weighted by molar-refractivity contribution is 0.0502. The van der Waals surface area contributed by atoms with Gasteiger partial charge in [0.05, 0.1) is 16.7 Å². The second-order valence-corrected chi connectivity index (χ2v) is 7.04. The Labute approximate surface area is 135 Å². The van der Waals surface area contributed by atoms with E-state index in [1.807, 2.05) is 36.9 Å². The van der Waals surface area contributed by atoms with Gasteiger partial charge >= 0.3 is 0 Å². The smallest absolute Gasteiger partial charge is 0.266 e. The van der Waals surface area contributed by atoms with Crippen molar-refractivity contribution >= 4 is 17.2 Å². The number of rotatable bonds is 2. The first kappa shape index (κ1) is 15.2. The van der Waals surface area contributed by atoms with Crippen molar-refractivity contribution < 1.29 is 4.79 Å². The lowest BCUT2D eigenvalue weighted by Gasteiger charge is -2.40. The van der Waals surface area contributed by atoms with Crippen LogP contribution in [0.4, 0.5) is 0 Å². The Hall–Kier alpha value is -1.72. The van der Waals surface area contributed by atoms with Crippen LogP contribution in [0, 0.1) is 13.8 Å². The van der Waals surface area contributed by atoms with Crippen molar-refractivity contribution in [1.82, 2.24) is 14.8 Å². The molecule has 0 saturated carbocycles. The van der Waals surface area contributed by atoms with Gasteiger partial charge in [-0.25, -0.2) is 4.98 Å². The second kappa shape index (κ2) is 6.18. The average Bonchev–Trinajstić information content (AvgIpc) is 2.86. The highest BCUT2D eigenvalue weighted by Crippen LogP contribution is 2.29. The van der Waals surface area contributed by atoms with Crippen LogP contribution in [0.2, 0.25) is 0 Å². The van der Waals surface area contributed by atoms with Gasteiger partial charge in [-0.3, -0.25) is 4.79 Å². The third kappa shape index (κ3) is 2.91. The highest BCUT2D eigenvalue weighted by atomic mass is 32.1. The van der Waals surface area contributed by atoms with E-state index in [0.717, 1.165) is 35.2 Å². The summed E-state index contributed by atoms with van der Waals surface area (Å²) in [5.41, 5.74) is 2.04. The number of aryl methyl sites for hydroxylation is 2. The van der Waals surface area contributed by atoms with Crippen molar-refractivity contribution in [1.29, 1.82) is 0 Å². The Bertz CT molecular complexity index is 668. The van der Waals surface area contributed by atoms with Crippen molar-refractivity contribution in [3.05, 3.63) is 51.5 Å². The van der Waals surface area contributed by atoms with E-state index >= 15 is 0 Å². The van der Waals surface area contributed by atoms with Crippen LogP contribution in [-0.4, -0.2) is 47.4 Å². The third-order valence-corrected chi connectivity index (χ3v) is 5.19. The predicted octanol–water partition coefficient (Wildman–Crippen LogP) is 2.89. The second-order valence-electron chi connectivity index (χ2n) is 5.83. The zero-order chi connectivity index (χ0) is 15.7. The summed E-state index contributed by atoms with van der Waals surface area (Å²) in [6.45, 7) is 6.40. The molecule has 3 rings (SSSR count). The fourth-order valence-electron chi connectivity index (χ4n) is 2.98. The molecule has 1 fully saturated rings. The van der Waals surface area contributed by atoms with Gasteiger partial charge in [0.1, 0.15) is 4.88 Å². The van der Waals surface area contributed by atoms with Gasteiger partial charge in [0.25, 0.3) is 5.91 Å². The first-order valence-corrected chi connectivity index (χ1v) is 8.36. The van der Waals surface area contributed by atoms with Gasteiger partial charge < -0.3 is 9.80 Å². The number of benzene rings is 1. The summed E-state index contributed by atoms with van der Waals surface area (Å²) >= 11 is 1.50. The quantitative estimate of drug-likeness (QED) is 0.855. The lowest BCUT2D eigenvalue weighted by Crippen LogP contribution is -2.49. The lowest BCUT2D eigenvalue weighted by atomic mass is 10.0. The van der Waals surface area contributed by atoms with E-state index in [4.69, 9.17) is 0 Å². The molecule has 0 unspecified atom stereocenters. The van der Waals surface area contributed by atoms with E-state index in [9.17, 15) is 4.79 Å². The van der Waals surface area contributed by atoms with Crippen molar-refractivity contribution in [3.63, 3.8) is 0 Å². The summed E-state index contributed by atoms with van der Waals surface area (Å²) < 4.78 is 0. The largest absolute Gasteiger partial charge is 0.328 e. The maximum Gasteiger partial charge on any atom is 0.266 e. The molecule has 2 heterocycles. The molecule has 1 aromatic carbocycles. The molecule has 0 spiro atoms. The molecule has 0 radical (unpaired) electrons. The van der Waals surface area contributed by atoms with Crippen molar-refractivity contribution in [2.45, 2.75) is 19.9 Å². The molecule has 0 aliphatic carbocycles. The normalized spacial score (nSPS) is 19.4. The van der Waals surface area contributed by atoms with E-state index in [2.05, 4.69) is 29.1 Å². The molecule has 0 N–H and O–H groups in total. The van der Waals surface area contributed by atoms with Gasteiger partial charge in [-0.2, -0.15) is 0 Å². The summed E-state index contributed by atoms with van der Waals surface area (Å²) in [5.74, 6) is 0.116. The molecule has 2 aromatic rings. The third-order valence-electron chi connectivity index (χ3n) is 4.13. The number of carbonyl (C=O) groups excluding carboxylic acids is 1. The molecular weight excluding hydrogens is 294 g/mol. The van der Waals surface area contributed by atoms with Gasteiger partial charge in [-0.1, -0.05) is 30.3 Å². The van der Waals surface area contributed by atoms with Crippen molar-refractivity contribution in [2.24, 2.45) is 0 Å². The van der Waals surface area contributed by atoms with Crippen molar-refractivity contribution in [3.8, 4) is 0 Å². The first-order valence-electron chi connectivity index (χ1n) is 7.54. The first-order chi connectivity index (χ1) is 10.6. The number of nitrogens with zero attached hydrogens (tertiary/aromatic N) is 3. The topological polar surface area (TPSA) is 36.4 Å². The van der Waals surface area contributed by atoms with Crippen LogP contribution >= 0.6 is 11.3 Å². The van der Waals surface area contributed by atoms with Crippen LogP contribution in [-0.2, 0) is 0 Å². The minimum atomic E-state index is 0.106. The molecule has 0 bridgehead atoms. The SMILES string of the molecule is Cc1nc(C)c(C(=O)N2CCN(C)C[C@H]2c2ccccc2)s1. The predicted molar refractivity (Wildman–Crippen MR) is 89.3 cm³/mol. The maximum absolute atomic E-state index is 13.0. The molecule has 1 amide bonds. The van der Waals surface area contributed by atoms with Crippen LogP contribution < -0.4 is 0 Å². The zero-order valence-electron chi connectivity index (χ0n) is 13.2. The van der Waals surface area contributed by atoms with E-state index in [0.29, 0.717) is 0 Å². The van der Waals surface area contributed by atoms with Gasteiger partial charge in [0, 0.05) is 19.6 Å². The van der Waals surface area contributed by atoms with Gasteiger partial charge in [-0.15, -0.1) is 11.3 Å². The van der Waals surface area contributed by atoms with E-state index in [-0.39, 0.29) is 11.9 Å². The standard InChI is InChI=1S/C17H21N3OS/c1-12-16(22-13(2)18-12)17(21)20-10-9-19(3)11-15(20)14-7-5-4-6-8-14/h4-8,15H,9-11H2,1-3H3/t15-/m0/s1. The molecule has 1 saturated heterocycles. The summed E-state index contributed by atoms with van der Waals surface area (Å²) in [6.07, 6.45) is 0. The Morgan fingerprint density at radius 3 is 2.59 bits per heavy atom. The molecule has 1 aliphatic rings. The Morgan fingerprint density at radius 1 is 1.23 bits per heavy atom. The fraction of sp³-hybridized carbons (Fsp3) is 0.412. The number of hydrogen-bond donors (Lipinski definition) is 0. The Balaban J connectivity index is 1.93. The monoisotopic (exact) mass is 315 g/mol. The number of aromatic nitrogens is 1. The molecule has 4 nitrogen and oxygen atoms in total. The zero-order valence-corrected chi connectivity index (χ0v) is 14.1. The Kier molecular flexibility index (Phi) is 4.27. The number of hydrogen-bond acceptors (Lipinski definition) is 4. The number of likely N-dealkylation sites (N-methyl/N-ethyl adjacent to an activating group) is 1. The Morgan fingerprint density at radius 2 is 1.95 bits per heavy atom. The average molecular weight is 315 g/mol. The van der Waals surface area contributed by atoms with Crippen LogP contribution in [0.5, 0.6) is 0 Å². The summed E-state index contributed by atoms with van der Waals surface area (Å²) in [7, 11) is 2.11. The fourth-order valence-corrected chi connectivity index (χ4v) is 3.86. The summed E-state index contributed by atoms with van der Waals surface area (Å²) in [4.78, 5) is 22.5. The van der Waals surface area contributed by atoms with Crippen LogP contribution in [0.1, 0.15) is 32.0 Å². The van der Waals surface area contributed by atoms with E-state index in [1.54, 1.807) is 0 Å². The minimum absolute atomic E-state index is 0.106. The molecule has 116 valence electrons. The van der Waals surface area contributed by atoms with Crippen molar-refractivity contribution in [2.75, 3.05) is 26.7 Å². The summed E-state index contributed by atoms with van der Waals surface area (Å²) in [6, 6.07) is 10.4. The maximum atomic E-state index is 13.0. The number of amides is 1. The number of piperazine rings is 1. The molecule has 1 aliphatic heterocycles. The summed E-state index contributed by atoms with van der Waals surface area (Å²) in [5, 5.41) is 0.950. The van der Waals surface area contributed by atoms with Crippen LogP contribution in [0.25, 0.3) is 0 Å². The molecule has 22 heavy (non-hydrogen) atoms. The number of thiazole rings is 1. The van der Waals surface area contributed by atoms with E-state index < -0.39 is 0 Å². The molecule has 5 heteroatoms. The minimum Gasteiger partial charge on any atom is -0.328 e. The van der Waals surface area contributed by atoms with Crippen LogP contribution in [0.3, 0.4) is 0 Å².